The lowest BCUT2D eigenvalue weighted by molar-refractivity contribution is -0.328. The number of benzene rings is 4. The van der Waals surface area contributed by atoms with E-state index >= 15 is 0 Å². The van der Waals surface area contributed by atoms with Crippen LogP contribution in [0.15, 0.2) is 121 Å². The first-order valence-corrected chi connectivity index (χ1v) is 16.0. The summed E-state index contributed by atoms with van der Waals surface area (Å²) in [6, 6.07) is 39.7. The highest BCUT2D eigenvalue weighted by molar-refractivity contribution is 6.67. The predicted octanol–water partition coefficient (Wildman–Crippen LogP) is 8.07. The lowest BCUT2D eigenvalue weighted by Crippen LogP contribution is -2.62. The van der Waals surface area contributed by atoms with E-state index in [1.807, 2.05) is 121 Å². The average Bonchev–Trinajstić information content (AvgIpc) is 3.06. The summed E-state index contributed by atoms with van der Waals surface area (Å²) in [5.74, 6) is 0. The lowest BCUT2D eigenvalue weighted by atomic mass is 9.97. The quantitative estimate of drug-likeness (QED) is 0.119. The van der Waals surface area contributed by atoms with Crippen molar-refractivity contribution in [3.63, 3.8) is 0 Å². The van der Waals surface area contributed by atoms with Gasteiger partial charge in [0.2, 0.25) is 3.79 Å². The third-order valence-electron chi connectivity index (χ3n) is 7.25. The molecule has 0 unspecified atom stereocenters. The fourth-order valence-electron chi connectivity index (χ4n) is 5.06. The molecule has 0 bridgehead atoms. The first-order valence-electron chi connectivity index (χ1n) is 14.9. The van der Waals surface area contributed by atoms with Crippen LogP contribution in [0.1, 0.15) is 22.3 Å². The second kappa shape index (κ2) is 17.4. The van der Waals surface area contributed by atoms with E-state index in [0.717, 1.165) is 22.3 Å². The Morgan fingerprint density at radius 1 is 0.489 bits per heavy atom. The summed E-state index contributed by atoms with van der Waals surface area (Å²) in [6.07, 6.45) is -3.47. The Labute approximate surface area is 280 Å². The molecule has 0 spiro atoms. The summed E-state index contributed by atoms with van der Waals surface area (Å²) in [5.41, 5.74) is 4.04. The maximum Gasteiger partial charge on any atom is 0.213 e. The smallest absolute Gasteiger partial charge is 0.213 e. The molecule has 1 fully saturated rings. The van der Waals surface area contributed by atoms with Crippen molar-refractivity contribution in [1.82, 2.24) is 0 Å². The lowest BCUT2D eigenvalue weighted by Gasteiger charge is -2.46. The van der Waals surface area contributed by atoms with Crippen molar-refractivity contribution >= 4 is 34.8 Å². The normalized spacial score (nSPS) is 21.9. The van der Waals surface area contributed by atoms with Gasteiger partial charge >= 0.3 is 0 Å². The Balaban J connectivity index is 1.43. The van der Waals surface area contributed by atoms with Crippen LogP contribution in [0.5, 0.6) is 0 Å². The van der Waals surface area contributed by atoms with E-state index in [1.54, 1.807) is 0 Å². The van der Waals surface area contributed by atoms with Gasteiger partial charge in [0.1, 0.15) is 24.4 Å². The third kappa shape index (κ3) is 11.1. The minimum atomic E-state index is -1.66. The zero-order valence-electron chi connectivity index (χ0n) is 24.8. The van der Waals surface area contributed by atoms with Gasteiger partial charge in [0.25, 0.3) is 0 Å². The number of hydrogen-bond donors (Lipinski definition) is 0. The van der Waals surface area contributed by atoms with Crippen molar-refractivity contribution in [1.29, 1.82) is 0 Å². The van der Waals surface area contributed by atoms with E-state index in [4.69, 9.17) is 63.2 Å². The van der Waals surface area contributed by atoms with Crippen molar-refractivity contribution in [3.05, 3.63) is 144 Å². The Kier molecular flexibility index (Phi) is 13.1. The van der Waals surface area contributed by atoms with Crippen molar-refractivity contribution in [2.24, 2.45) is 0 Å². The molecule has 1 aliphatic rings. The molecule has 4 aromatic carbocycles. The molecule has 6 nitrogen and oxygen atoms in total. The topological polar surface area (TPSA) is 55.4 Å². The van der Waals surface area contributed by atoms with E-state index in [-0.39, 0.29) is 19.8 Å². The van der Waals surface area contributed by atoms with Crippen LogP contribution in [0.3, 0.4) is 0 Å². The van der Waals surface area contributed by atoms with Crippen molar-refractivity contribution < 1.29 is 28.4 Å². The highest BCUT2D eigenvalue weighted by Gasteiger charge is 2.49. The van der Waals surface area contributed by atoms with E-state index in [2.05, 4.69) is 0 Å². The highest BCUT2D eigenvalue weighted by Crippen LogP contribution is 2.34. The molecule has 0 N–H and O–H groups in total. The van der Waals surface area contributed by atoms with Crippen LogP contribution in [0.4, 0.5) is 0 Å². The molecule has 5 rings (SSSR count). The first kappa shape index (κ1) is 33.9. The van der Waals surface area contributed by atoms with Gasteiger partial charge in [-0.05, 0) is 22.3 Å². The molecule has 0 amide bonds. The Hall–Kier alpha value is -2.49. The van der Waals surface area contributed by atoms with Gasteiger partial charge in [0.05, 0.1) is 39.6 Å². The van der Waals surface area contributed by atoms with E-state index in [1.165, 1.54) is 0 Å². The summed E-state index contributed by atoms with van der Waals surface area (Å²) >= 11 is 18.3. The van der Waals surface area contributed by atoms with Gasteiger partial charge in [-0.3, -0.25) is 0 Å². The average molecular weight is 672 g/mol. The molecular weight excluding hydrogens is 635 g/mol. The molecule has 0 aliphatic carbocycles. The SMILES string of the molecule is ClC(Cl)(Cl)CO[C@@H]1O[C@H](COCc2ccccc2)[C@H](OCc2ccccc2)[C@H](OCc2ccccc2)[C@H]1OCc1ccccc1. The minimum Gasteiger partial charge on any atom is -0.374 e. The Morgan fingerprint density at radius 3 is 1.33 bits per heavy atom. The van der Waals surface area contributed by atoms with Gasteiger partial charge in [-0.25, -0.2) is 0 Å². The van der Waals surface area contributed by atoms with Gasteiger partial charge in [0.15, 0.2) is 6.29 Å². The highest BCUT2D eigenvalue weighted by atomic mass is 35.6. The molecule has 5 atom stereocenters. The number of alkyl halides is 3. The third-order valence-corrected chi connectivity index (χ3v) is 7.58. The standard InChI is InChI=1S/C36H37Cl3O6/c37-36(38,39)26-44-35-34(43-24-30-19-11-4-12-20-30)33(42-23-29-17-9-3-10-18-29)32(41-22-28-15-7-2-8-16-28)31(45-35)25-40-21-27-13-5-1-6-14-27/h1-20,31-35H,21-26H2/t31-,32+,33+,34-,35-/m1/s1. The Morgan fingerprint density at radius 2 is 0.889 bits per heavy atom. The number of halogens is 3. The van der Waals surface area contributed by atoms with Crippen LogP contribution in [-0.2, 0) is 54.8 Å². The summed E-state index contributed by atoms with van der Waals surface area (Å²) in [6.45, 7) is 1.32. The summed E-state index contributed by atoms with van der Waals surface area (Å²) in [7, 11) is 0. The molecule has 1 aliphatic heterocycles. The zero-order chi connectivity index (χ0) is 31.3. The first-order chi connectivity index (χ1) is 21.9. The van der Waals surface area contributed by atoms with Crippen molar-refractivity contribution in [3.8, 4) is 0 Å². The van der Waals surface area contributed by atoms with Gasteiger partial charge in [-0.2, -0.15) is 0 Å². The summed E-state index contributed by atoms with van der Waals surface area (Å²) in [5, 5.41) is 0. The zero-order valence-corrected chi connectivity index (χ0v) is 27.0. The monoisotopic (exact) mass is 670 g/mol. The minimum absolute atomic E-state index is 0.207. The number of rotatable bonds is 15. The molecule has 1 heterocycles. The largest absolute Gasteiger partial charge is 0.374 e. The molecule has 45 heavy (non-hydrogen) atoms. The van der Waals surface area contributed by atoms with E-state index in [9.17, 15) is 0 Å². The van der Waals surface area contributed by atoms with Crippen molar-refractivity contribution in [2.45, 2.75) is 60.9 Å². The van der Waals surface area contributed by atoms with Gasteiger partial charge in [-0.1, -0.05) is 156 Å². The molecule has 0 aromatic heterocycles. The van der Waals surface area contributed by atoms with Crippen LogP contribution in [0.2, 0.25) is 0 Å². The van der Waals surface area contributed by atoms with E-state index < -0.39 is 34.5 Å². The molecule has 0 radical (unpaired) electrons. The van der Waals surface area contributed by atoms with Crippen LogP contribution in [0.25, 0.3) is 0 Å². The van der Waals surface area contributed by atoms with Crippen LogP contribution in [-0.4, -0.2) is 47.7 Å². The predicted molar refractivity (Wildman–Crippen MR) is 176 cm³/mol. The number of hydrogen-bond acceptors (Lipinski definition) is 6. The molecule has 4 aromatic rings. The second-order valence-corrected chi connectivity index (χ2v) is 13.3. The van der Waals surface area contributed by atoms with Gasteiger partial charge < -0.3 is 28.4 Å². The maximum absolute atomic E-state index is 6.66. The van der Waals surface area contributed by atoms with E-state index in [0.29, 0.717) is 19.8 Å². The maximum atomic E-state index is 6.66. The molecular formula is C36H37Cl3O6. The summed E-state index contributed by atoms with van der Waals surface area (Å²) < 4.78 is 37.0. The van der Waals surface area contributed by atoms with Crippen LogP contribution >= 0.6 is 34.8 Å². The van der Waals surface area contributed by atoms with Gasteiger partial charge in [-0.15, -0.1) is 0 Å². The second-order valence-electron chi connectivity index (χ2n) is 10.8. The van der Waals surface area contributed by atoms with Gasteiger partial charge in [0, 0.05) is 0 Å². The molecule has 1 saturated heterocycles. The summed E-state index contributed by atoms with van der Waals surface area (Å²) in [4.78, 5) is 0. The van der Waals surface area contributed by atoms with Crippen LogP contribution < -0.4 is 0 Å². The molecule has 0 saturated carbocycles. The fraction of sp³-hybridized carbons (Fsp3) is 0.333. The van der Waals surface area contributed by atoms with Crippen molar-refractivity contribution in [2.75, 3.05) is 13.2 Å². The van der Waals surface area contributed by atoms with Crippen LogP contribution in [0, 0.1) is 0 Å². The molecule has 238 valence electrons. The Bertz CT molecular complexity index is 1380. The number of ether oxygens (including phenoxy) is 6. The molecule has 9 heteroatoms. The fourth-order valence-corrected chi connectivity index (χ4v) is 5.25.